The maximum absolute atomic E-state index is 12.6. The van der Waals surface area contributed by atoms with E-state index in [2.05, 4.69) is 21.8 Å². The van der Waals surface area contributed by atoms with E-state index in [1.807, 2.05) is 12.4 Å². The van der Waals surface area contributed by atoms with Gasteiger partial charge in [0.2, 0.25) is 0 Å². The van der Waals surface area contributed by atoms with Crippen molar-refractivity contribution < 1.29 is 18.0 Å². The average molecular weight is 380 g/mol. The molecular formula is C19H23F3N4O. The maximum atomic E-state index is 12.6. The monoisotopic (exact) mass is 380 g/mol. The van der Waals surface area contributed by atoms with Crippen molar-refractivity contribution in [3.05, 3.63) is 48.0 Å². The highest BCUT2D eigenvalue weighted by atomic mass is 19.4. The topological polar surface area (TPSA) is 50.2 Å². The van der Waals surface area contributed by atoms with Gasteiger partial charge in [0.15, 0.2) is 0 Å². The van der Waals surface area contributed by atoms with Gasteiger partial charge in [0.1, 0.15) is 5.82 Å². The molecule has 0 radical (unpaired) electrons. The summed E-state index contributed by atoms with van der Waals surface area (Å²) in [5.74, 6) is 1.55. The van der Waals surface area contributed by atoms with Crippen LogP contribution in [0.2, 0.25) is 0 Å². The van der Waals surface area contributed by atoms with Gasteiger partial charge in [-0.2, -0.15) is 13.2 Å². The summed E-state index contributed by atoms with van der Waals surface area (Å²) < 4.78 is 39.9. The highest BCUT2D eigenvalue weighted by Crippen LogP contribution is 2.30. The summed E-state index contributed by atoms with van der Waals surface area (Å²) in [6, 6.07) is 4.22. The number of urea groups is 1. The second-order valence-electron chi connectivity index (χ2n) is 6.79. The van der Waals surface area contributed by atoms with E-state index in [1.54, 1.807) is 4.90 Å². The van der Waals surface area contributed by atoms with Crippen LogP contribution in [0.3, 0.4) is 0 Å². The molecule has 2 aromatic rings. The molecule has 2 amide bonds. The molecule has 8 heteroatoms. The summed E-state index contributed by atoms with van der Waals surface area (Å²) in [7, 11) is 0. The summed E-state index contributed by atoms with van der Waals surface area (Å²) in [5, 5.41) is 2.67. The zero-order valence-corrected chi connectivity index (χ0v) is 15.2. The zero-order chi connectivity index (χ0) is 19.4. The lowest BCUT2D eigenvalue weighted by atomic mass is 9.97. The molecule has 27 heavy (non-hydrogen) atoms. The van der Waals surface area contributed by atoms with E-state index in [0.29, 0.717) is 24.7 Å². The number of hydrogen-bond acceptors (Lipinski definition) is 2. The Hall–Kier alpha value is -2.51. The minimum absolute atomic E-state index is 0.273. The highest BCUT2D eigenvalue weighted by molar-refractivity contribution is 5.89. The maximum Gasteiger partial charge on any atom is 0.416 e. The Morgan fingerprint density at radius 1 is 1.22 bits per heavy atom. The van der Waals surface area contributed by atoms with Crippen LogP contribution < -0.4 is 5.32 Å². The van der Waals surface area contributed by atoms with Gasteiger partial charge in [0.25, 0.3) is 0 Å². The number of piperidine rings is 1. The molecule has 1 aromatic carbocycles. The van der Waals surface area contributed by atoms with Crippen LogP contribution in [0.4, 0.5) is 23.7 Å². The lowest BCUT2D eigenvalue weighted by Crippen LogP contribution is -2.41. The number of hydrogen-bond donors (Lipinski definition) is 1. The summed E-state index contributed by atoms with van der Waals surface area (Å²) >= 11 is 0. The zero-order valence-electron chi connectivity index (χ0n) is 15.2. The molecule has 1 saturated heterocycles. The predicted molar refractivity (Wildman–Crippen MR) is 96.4 cm³/mol. The number of nitrogens with one attached hydrogen (secondary N) is 1. The third kappa shape index (κ3) is 4.81. The Balaban J connectivity index is 1.50. The molecule has 1 N–H and O–H groups in total. The molecule has 1 aliphatic heterocycles. The first-order chi connectivity index (χ1) is 12.9. The largest absolute Gasteiger partial charge is 0.416 e. The third-order valence-electron chi connectivity index (χ3n) is 4.94. The first-order valence-electron chi connectivity index (χ1n) is 9.10. The van der Waals surface area contributed by atoms with Gasteiger partial charge in [0.05, 0.1) is 5.56 Å². The van der Waals surface area contributed by atoms with Crippen LogP contribution in [-0.4, -0.2) is 33.6 Å². The molecular weight excluding hydrogens is 357 g/mol. The lowest BCUT2D eigenvalue weighted by molar-refractivity contribution is -0.137. The number of alkyl halides is 3. The van der Waals surface area contributed by atoms with Gasteiger partial charge in [-0.3, -0.25) is 0 Å². The minimum Gasteiger partial charge on any atom is -0.335 e. The molecule has 2 heterocycles. The molecule has 3 rings (SSSR count). The smallest absolute Gasteiger partial charge is 0.335 e. The minimum atomic E-state index is -4.38. The van der Waals surface area contributed by atoms with Crippen molar-refractivity contribution >= 4 is 11.7 Å². The molecule has 0 bridgehead atoms. The van der Waals surface area contributed by atoms with E-state index in [-0.39, 0.29) is 6.03 Å². The van der Waals surface area contributed by atoms with Crippen molar-refractivity contribution in [3.63, 3.8) is 0 Å². The van der Waals surface area contributed by atoms with Gasteiger partial charge in [0, 0.05) is 44.1 Å². The molecule has 0 aliphatic carbocycles. The number of rotatable bonds is 4. The van der Waals surface area contributed by atoms with Gasteiger partial charge in [-0.05, 0) is 43.0 Å². The fourth-order valence-electron chi connectivity index (χ4n) is 3.36. The van der Waals surface area contributed by atoms with Gasteiger partial charge in [-0.25, -0.2) is 9.78 Å². The van der Waals surface area contributed by atoms with Crippen molar-refractivity contribution in [3.8, 4) is 0 Å². The Morgan fingerprint density at radius 3 is 2.48 bits per heavy atom. The molecule has 0 saturated carbocycles. The first-order valence-corrected chi connectivity index (χ1v) is 9.10. The molecule has 0 atom stereocenters. The normalized spacial score (nSPS) is 15.8. The van der Waals surface area contributed by atoms with Gasteiger partial charge in [-0.1, -0.05) is 6.92 Å². The van der Waals surface area contributed by atoms with Crippen molar-refractivity contribution in [2.45, 2.75) is 38.9 Å². The Labute approximate surface area is 156 Å². The number of likely N-dealkylation sites (tertiary alicyclic amines) is 1. The molecule has 1 aliphatic rings. The number of aromatic nitrogens is 2. The van der Waals surface area contributed by atoms with Crippen LogP contribution in [0.25, 0.3) is 0 Å². The van der Waals surface area contributed by atoms with Gasteiger partial charge < -0.3 is 14.8 Å². The van der Waals surface area contributed by atoms with Crippen LogP contribution in [0.15, 0.2) is 36.7 Å². The summed E-state index contributed by atoms with van der Waals surface area (Å²) in [6.07, 6.45) is 2.09. The fraction of sp³-hybridized carbons (Fsp3) is 0.474. The van der Waals surface area contributed by atoms with E-state index in [1.165, 1.54) is 12.1 Å². The number of nitrogens with zero attached hydrogens (tertiary/aromatic N) is 3. The Bertz CT molecular complexity index is 762. The van der Waals surface area contributed by atoms with Crippen molar-refractivity contribution in [2.24, 2.45) is 5.92 Å². The number of imidazole rings is 1. The van der Waals surface area contributed by atoms with Crippen molar-refractivity contribution in [2.75, 3.05) is 18.4 Å². The van der Waals surface area contributed by atoms with Gasteiger partial charge in [-0.15, -0.1) is 0 Å². The molecule has 1 aromatic heterocycles. The van der Waals surface area contributed by atoms with E-state index in [9.17, 15) is 18.0 Å². The lowest BCUT2D eigenvalue weighted by Gasteiger charge is -2.32. The van der Waals surface area contributed by atoms with Crippen LogP contribution >= 0.6 is 0 Å². The number of carbonyl (C=O) groups is 1. The fourth-order valence-corrected chi connectivity index (χ4v) is 3.36. The molecule has 1 fully saturated rings. The second-order valence-corrected chi connectivity index (χ2v) is 6.79. The molecule has 146 valence electrons. The van der Waals surface area contributed by atoms with Crippen LogP contribution in [0.5, 0.6) is 0 Å². The van der Waals surface area contributed by atoms with Crippen LogP contribution in [0, 0.1) is 5.92 Å². The number of halogens is 3. The number of aryl methyl sites for hydroxylation is 1. The first kappa shape index (κ1) is 19.3. The predicted octanol–water partition coefficient (Wildman–Crippen LogP) is 4.41. The second kappa shape index (κ2) is 8.02. The number of benzene rings is 1. The Kier molecular flexibility index (Phi) is 5.72. The molecule has 0 unspecified atom stereocenters. The Morgan fingerprint density at radius 2 is 1.89 bits per heavy atom. The molecule has 5 nitrogen and oxygen atoms in total. The van der Waals surface area contributed by atoms with E-state index >= 15 is 0 Å². The van der Waals surface area contributed by atoms with Crippen LogP contribution in [-0.2, 0) is 19.1 Å². The van der Waals surface area contributed by atoms with Gasteiger partial charge >= 0.3 is 12.2 Å². The quantitative estimate of drug-likeness (QED) is 0.854. The highest BCUT2D eigenvalue weighted by Gasteiger charge is 2.30. The standard InChI is InChI=1S/C19H23F3N4O/c1-2-17-23-9-12-26(17)13-14-7-10-25(11-8-14)18(27)24-16-5-3-15(4-6-16)19(20,21)22/h3-6,9,12,14H,2,7-8,10-11,13H2,1H3,(H,24,27). The molecule has 0 spiro atoms. The third-order valence-corrected chi connectivity index (χ3v) is 4.94. The van der Waals surface area contributed by atoms with E-state index in [4.69, 9.17) is 0 Å². The number of amides is 2. The number of anilines is 1. The van der Waals surface area contributed by atoms with Crippen LogP contribution in [0.1, 0.15) is 31.2 Å². The summed E-state index contributed by atoms with van der Waals surface area (Å²) in [6.45, 7) is 4.24. The van der Waals surface area contributed by atoms with Crippen molar-refractivity contribution in [1.29, 1.82) is 0 Å². The summed E-state index contributed by atoms with van der Waals surface area (Å²) in [4.78, 5) is 18.4. The average Bonchev–Trinajstić information content (AvgIpc) is 3.09. The summed E-state index contributed by atoms with van der Waals surface area (Å²) in [5.41, 5.74) is -0.367. The van der Waals surface area contributed by atoms with Crippen molar-refractivity contribution in [1.82, 2.24) is 14.5 Å². The van der Waals surface area contributed by atoms with E-state index in [0.717, 1.165) is 43.8 Å². The van der Waals surface area contributed by atoms with E-state index < -0.39 is 11.7 Å². The SMILES string of the molecule is CCc1nccn1CC1CCN(C(=O)Nc2ccc(C(F)(F)F)cc2)CC1. The number of carbonyl (C=O) groups excluding carboxylic acids is 1.